The molecule has 8 heteroatoms. The van der Waals surface area contributed by atoms with Gasteiger partial charge in [0, 0.05) is 23.7 Å². The van der Waals surface area contributed by atoms with E-state index in [4.69, 9.17) is 35.3 Å². The molecular weight excluding hydrogens is 410 g/mol. The number of ether oxygens (including phenoxy) is 5. The maximum atomic E-state index is 12.8. The van der Waals surface area contributed by atoms with Gasteiger partial charge in [-0.25, -0.2) is 0 Å². The Labute approximate surface area is 182 Å². The van der Waals surface area contributed by atoms with E-state index in [9.17, 15) is 4.79 Å². The Balaban J connectivity index is 2.24. The van der Waals surface area contributed by atoms with E-state index in [1.165, 1.54) is 0 Å². The van der Waals surface area contributed by atoms with Gasteiger partial charge in [-0.15, -0.1) is 0 Å². The normalized spacial score (nSPS) is 10.3. The molecule has 0 aromatic heterocycles. The molecule has 0 radical (unpaired) electrons. The van der Waals surface area contributed by atoms with Crippen LogP contribution in [-0.2, 0) is 6.54 Å². The molecule has 7 nitrogen and oxygen atoms in total. The quantitative estimate of drug-likeness (QED) is 0.558. The Morgan fingerprint density at radius 3 is 2.17 bits per heavy atom. The zero-order valence-corrected chi connectivity index (χ0v) is 18.7. The summed E-state index contributed by atoms with van der Waals surface area (Å²) in [5.74, 6) is 2.23. The third-order valence-corrected chi connectivity index (χ3v) is 4.53. The molecule has 1 N–H and O–H groups in total. The van der Waals surface area contributed by atoms with Gasteiger partial charge in [0.15, 0.2) is 23.0 Å². The van der Waals surface area contributed by atoms with E-state index in [-0.39, 0.29) is 12.5 Å². The van der Waals surface area contributed by atoms with Crippen molar-refractivity contribution in [1.29, 1.82) is 0 Å². The number of benzene rings is 2. The predicted octanol–water partition coefficient (Wildman–Crippen LogP) is 4.48. The summed E-state index contributed by atoms with van der Waals surface area (Å²) in [5, 5.41) is 3.19. The number of carbonyl (C=O) groups excluding carboxylic acids is 1. The fourth-order valence-corrected chi connectivity index (χ4v) is 3.08. The zero-order valence-electron chi connectivity index (χ0n) is 18.0. The molecule has 0 bridgehead atoms. The number of hydrogen-bond donors (Lipinski definition) is 1. The van der Waals surface area contributed by atoms with E-state index in [1.54, 1.807) is 45.6 Å². The van der Waals surface area contributed by atoms with Crippen LogP contribution in [-0.4, -0.2) is 40.5 Å². The molecule has 0 aliphatic heterocycles. The highest BCUT2D eigenvalue weighted by Crippen LogP contribution is 2.37. The Kier molecular flexibility index (Phi) is 8.92. The summed E-state index contributed by atoms with van der Waals surface area (Å²) in [7, 11) is 4.65. The van der Waals surface area contributed by atoms with E-state index in [0.29, 0.717) is 52.5 Å². The lowest BCUT2D eigenvalue weighted by Gasteiger charge is -2.16. The van der Waals surface area contributed by atoms with E-state index in [2.05, 4.69) is 5.32 Å². The summed E-state index contributed by atoms with van der Waals surface area (Å²) in [4.78, 5) is 12.8. The lowest BCUT2D eigenvalue weighted by atomic mass is 10.1. The van der Waals surface area contributed by atoms with Gasteiger partial charge < -0.3 is 29.0 Å². The van der Waals surface area contributed by atoms with Crippen molar-refractivity contribution in [2.45, 2.75) is 26.8 Å². The van der Waals surface area contributed by atoms with Gasteiger partial charge in [-0.1, -0.05) is 18.5 Å². The van der Waals surface area contributed by atoms with Gasteiger partial charge in [0.25, 0.3) is 5.91 Å². The number of nitrogens with one attached hydrogen (secondary N) is 1. The molecule has 1 amide bonds. The van der Waals surface area contributed by atoms with Crippen molar-refractivity contribution in [2.24, 2.45) is 0 Å². The SMILES string of the molecule is CCCOc1c(Cl)cc(C(=O)NCc2cc(OC)c(OC)cc2OC)cc1OCC. The number of methoxy groups -OCH3 is 3. The minimum atomic E-state index is -0.309. The lowest BCUT2D eigenvalue weighted by molar-refractivity contribution is 0.0950. The summed E-state index contributed by atoms with van der Waals surface area (Å²) in [6, 6.07) is 6.67. The largest absolute Gasteiger partial charge is 0.496 e. The highest BCUT2D eigenvalue weighted by atomic mass is 35.5. The number of rotatable bonds is 11. The van der Waals surface area contributed by atoms with E-state index >= 15 is 0 Å². The van der Waals surface area contributed by atoms with Crippen LogP contribution in [0.4, 0.5) is 0 Å². The molecule has 164 valence electrons. The Hall–Kier alpha value is -2.80. The fraction of sp³-hybridized carbons (Fsp3) is 0.409. The first-order chi connectivity index (χ1) is 14.5. The average Bonchev–Trinajstić information content (AvgIpc) is 2.76. The van der Waals surface area contributed by atoms with E-state index in [0.717, 1.165) is 12.0 Å². The molecular formula is C22H28ClNO6. The maximum absolute atomic E-state index is 12.8. The van der Waals surface area contributed by atoms with Gasteiger partial charge in [-0.2, -0.15) is 0 Å². The molecule has 30 heavy (non-hydrogen) atoms. The van der Waals surface area contributed by atoms with Crippen LogP contribution in [0, 0.1) is 0 Å². The molecule has 0 spiro atoms. The second kappa shape index (κ2) is 11.4. The van der Waals surface area contributed by atoms with Crippen LogP contribution in [0.25, 0.3) is 0 Å². The zero-order chi connectivity index (χ0) is 22.1. The number of carbonyl (C=O) groups is 1. The standard InChI is InChI=1S/C22H28ClNO6/c1-6-8-30-21-16(23)9-14(10-20(21)29-7-2)22(25)24-13-15-11-18(27-4)19(28-5)12-17(15)26-3/h9-12H,6-8,13H2,1-5H3,(H,24,25). The number of hydrogen-bond acceptors (Lipinski definition) is 6. The van der Waals surface area contributed by atoms with E-state index in [1.807, 2.05) is 13.8 Å². The van der Waals surface area contributed by atoms with Crippen molar-refractivity contribution >= 4 is 17.5 Å². The molecule has 0 aliphatic carbocycles. The van der Waals surface area contributed by atoms with Crippen molar-refractivity contribution in [1.82, 2.24) is 5.32 Å². The summed E-state index contributed by atoms with van der Waals surface area (Å²) in [5.41, 5.74) is 1.11. The smallest absolute Gasteiger partial charge is 0.251 e. The van der Waals surface area contributed by atoms with Crippen LogP contribution in [0.1, 0.15) is 36.2 Å². The van der Waals surface area contributed by atoms with Crippen LogP contribution in [0.3, 0.4) is 0 Å². The minimum Gasteiger partial charge on any atom is -0.496 e. The van der Waals surface area contributed by atoms with E-state index < -0.39 is 0 Å². The molecule has 0 heterocycles. The average molecular weight is 438 g/mol. The molecule has 0 saturated carbocycles. The monoisotopic (exact) mass is 437 g/mol. The molecule has 0 unspecified atom stereocenters. The second-order valence-electron chi connectivity index (χ2n) is 6.27. The Morgan fingerprint density at radius 1 is 0.900 bits per heavy atom. The molecule has 0 fully saturated rings. The lowest BCUT2D eigenvalue weighted by Crippen LogP contribution is -2.23. The first-order valence-corrected chi connectivity index (χ1v) is 10.0. The third-order valence-electron chi connectivity index (χ3n) is 4.25. The van der Waals surface area contributed by atoms with Crippen molar-refractivity contribution < 1.29 is 28.5 Å². The molecule has 0 atom stereocenters. The van der Waals surface area contributed by atoms with Crippen molar-refractivity contribution in [3.63, 3.8) is 0 Å². The second-order valence-corrected chi connectivity index (χ2v) is 6.68. The summed E-state index contributed by atoms with van der Waals surface area (Å²) < 4.78 is 27.3. The Bertz CT molecular complexity index is 871. The van der Waals surface area contributed by atoms with Crippen LogP contribution in [0.2, 0.25) is 5.02 Å². The third kappa shape index (κ3) is 5.63. The molecule has 2 rings (SSSR count). The highest BCUT2D eigenvalue weighted by molar-refractivity contribution is 6.32. The molecule has 0 aliphatic rings. The van der Waals surface area contributed by atoms with Gasteiger partial charge in [-0.05, 0) is 31.5 Å². The topological polar surface area (TPSA) is 75.3 Å². The molecule has 0 saturated heterocycles. The summed E-state index contributed by atoms with van der Waals surface area (Å²) >= 11 is 6.35. The highest BCUT2D eigenvalue weighted by Gasteiger charge is 2.18. The van der Waals surface area contributed by atoms with Crippen LogP contribution >= 0.6 is 11.6 Å². The van der Waals surface area contributed by atoms with Gasteiger partial charge in [0.05, 0.1) is 39.6 Å². The maximum Gasteiger partial charge on any atom is 0.251 e. The molecule has 2 aromatic carbocycles. The van der Waals surface area contributed by atoms with Crippen LogP contribution in [0.5, 0.6) is 28.7 Å². The summed E-state index contributed by atoms with van der Waals surface area (Å²) in [6.07, 6.45) is 0.831. The first-order valence-electron chi connectivity index (χ1n) is 9.65. The van der Waals surface area contributed by atoms with Crippen LogP contribution < -0.4 is 29.0 Å². The van der Waals surface area contributed by atoms with Crippen LogP contribution in [0.15, 0.2) is 24.3 Å². The van der Waals surface area contributed by atoms with Gasteiger partial charge in [-0.3, -0.25) is 4.79 Å². The van der Waals surface area contributed by atoms with Crippen molar-refractivity contribution in [3.8, 4) is 28.7 Å². The number of amides is 1. The Morgan fingerprint density at radius 2 is 1.57 bits per heavy atom. The minimum absolute atomic E-state index is 0.220. The van der Waals surface area contributed by atoms with Crippen molar-refractivity contribution in [3.05, 3.63) is 40.4 Å². The first kappa shape index (κ1) is 23.5. The summed E-state index contributed by atoms with van der Waals surface area (Å²) in [6.45, 7) is 5.00. The fourth-order valence-electron chi connectivity index (χ4n) is 2.81. The van der Waals surface area contributed by atoms with Gasteiger partial charge in [0.1, 0.15) is 5.75 Å². The number of halogens is 1. The molecule has 2 aromatic rings. The predicted molar refractivity (Wildman–Crippen MR) is 116 cm³/mol. The van der Waals surface area contributed by atoms with Crippen molar-refractivity contribution in [2.75, 3.05) is 34.5 Å². The van der Waals surface area contributed by atoms with Gasteiger partial charge in [0.2, 0.25) is 0 Å². The van der Waals surface area contributed by atoms with Gasteiger partial charge >= 0.3 is 0 Å².